The van der Waals surface area contributed by atoms with E-state index >= 15 is 0 Å². The van der Waals surface area contributed by atoms with Crippen molar-refractivity contribution in [3.63, 3.8) is 0 Å². The van der Waals surface area contributed by atoms with Gasteiger partial charge in [0.25, 0.3) is 0 Å². The highest BCUT2D eigenvalue weighted by Crippen LogP contribution is 2.46. The predicted octanol–water partition coefficient (Wildman–Crippen LogP) is 3.61. The zero-order valence-electron chi connectivity index (χ0n) is 13.2. The molecule has 0 aromatic rings. The second-order valence-electron chi connectivity index (χ2n) is 6.86. The average molecular weight is 317 g/mol. The molecule has 124 valence electrons. The van der Waals surface area contributed by atoms with E-state index in [0.29, 0.717) is 5.92 Å². The van der Waals surface area contributed by atoms with Crippen molar-refractivity contribution in [1.29, 1.82) is 0 Å². The Bertz CT molecular complexity index is 410. The number of hydrogen-bond acceptors (Lipinski definition) is 4. The minimum Gasteiger partial charge on any atom is -0.748 e. The van der Waals surface area contributed by atoms with Gasteiger partial charge in [-0.3, -0.25) is 0 Å². The summed E-state index contributed by atoms with van der Waals surface area (Å²) in [5.41, 5.74) is -0.627. The number of ether oxygens (including phenoxy) is 1. The van der Waals surface area contributed by atoms with E-state index in [1.54, 1.807) is 0 Å². The highest BCUT2D eigenvalue weighted by atomic mass is 32.2. The van der Waals surface area contributed by atoms with Crippen LogP contribution in [0.2, 0.25) is 0 Å². The molecule has 0 N–H and O–H groups in total. The lowest BCUT2D eigenvalue weighted by atomic mass is 9.73. The van der Waals surface area contributed by atoms with Gasteiger partial charge in [0.05, 0.1) is 12.2 Å². The van der Waals surface area contributed by atoms with Gasteiger partial charge in [0.1, 0.15) is 15.4 Å². The quantitative estimate of drug-likeness (QED) is 0.506. The summed E-state index contributed by atoms with van der Waals surface area (Å²) in [4.78, 5) is 0. The Balaban J connectivity index is 1.65. The first-order chi connectivity index (χ1) is 9.98. The molecule has 1 spiro atoms. The summed E-state index contributed by atoms with van der Waals surface area (Å²) in [7, 11) is -4.20. The number of rotatable bonds is 8. The Labute approximate surface area is 129 Å². The van der Waals surface area contributed by atoms with Gasteiger partial charge in [-0.15, -0.1) is 0 Å². The molecular formula is C16H29O4S-. The first-order valence-electron chi connectivity index (χ1n) is 8.56. The minimum atomic E-state index is -4.20. The van der Waals surface area contributed by atoms with Crippen LogP contribution in [0.15, 0.2) is 0 Å². The second-order valence-corrected chi connectivity index (χ2v) is 8.41. The molecule has 5 heteroatoms. The van der Waals surface area contributed by atoms with Gasteiger partial charge in [-0.1, -0.05) is 51.9 Å². The molecule has 0 aromatic carbocycles. The maximum absolute atomic E-state index is 11.2. The molecule has 1 saturated heterocycles. The number of unbranched alkanes of at least 4 members (excludes halogenated alkanes) is 5. The van der Waals surface area contributed by atoms with Crippen LogP contribution >= 0.6 is 0 Å². The third-order valence-electron chi connectivity index (χ3n) is 5.37. The summed E-state index contributed by atoms with van der Waals surface area (Å²) in [6.07, 6.45) is 12.7. The third kappa shape index (κ3) is 4.42. The van der Waals surface area contributed by atoms with Gasteiger partial charge in [-0.05, 0) is 31.6 Å². The fraction of sp³-hybridized carbons (Fsp3) is 1.00. The van der Waals surface area contributed by atoms with Crippen LogP contribution in [0.5, 0.6) is 0 Å². The van der Waals surface area contributed by atoms with Crippen LogP contribution in [0.1, 0.15) is 77.6 Å². The zero-order chi connectivity index (χ0) is 15.3. The van der Waals surface area contributed by atoms with E-state index in [2.05, 4.69) is 6.92 Å². The predicted molar refractivity (Wildman–Crippen MR) is 82.1 cm³/mol. The number of hydrogen-bond donors (Lipinski definition) is 0. The summed E-state index contributed by atoms with van der Waals surface area (Å²) in [6.45, 7) is 2.34. The fourth-order valence-corrected chi connectivity index (χ4v) is 4.93. The molecular weight excluding hydrogens is 288 g/mol. The summed E-state index contributed by atoms with van der Waals surface area (Å²) in [6, 6.07) is 0. The molecule has 2 aliphatic rings. The van der Waals surface area contributed by atoms with Crippen molar-refractivity contribution in [3.05, 3.63) is 0 Å². The normalized spacial score (nSPS) is 33.0. The topological polar surface area (TPSA) is 66.4 Å². The molecule has 1 saturated carbocycles. The van der Waals surface area contributed by atoms with Crippen molar-refractivity contribution in [2.45, 2.75) is 88.4 Å². The van der Waals surface area contributed by atoms with E-state index in [-0.39, 0.29) is 6.61 Å². The van der Waals surface area contributed by atoms with E-state index in [1.807, 2.05) is 0 Å². The van der Waals surface area contributed by atoms with E-state index in [1.165, 1.54) is 44.9 Å². The van der Waals surface area contributed by atoms with Gasteiger partial charge in [-0.2, -0.15) is 0 Å². The molecule has 0 aromatic heterocycles. The van der Waals surface area contributed by atoms with Gasteiger partial charge in [0.15, 0.2) is 0 Å². The van der Waals surface area contributed by atoms with Crippen LogP contribution in [0.4, 0.5) is 0 Å². The maximum Gasteiger partial charge on any atom is 0.103 e. The molecule has 0 amide bonds. The molecule has 0 radical (unpaired) electrons. The fourth-order valence-electron chi connectivity index (χ4n) is 3.87. The molecule has 0 bridgehead atoms. The summed E-state index contributed by atoms with van der Waals surface area (Å²) >= 11 is 0. The maximum atomic E-state index is 11.2. The Morgan fingerprint density at radius 1 is 1.10 bits per heavy atom. The lowest BCUT2D eigenvalue weighted by Gasteiger charge is -2.53. The van der Waals surface area contributed by atoms with Crippen molar-refractivity contribution in [1.82, 2.24) is 0 Å². The van der Waals surface area contributed by atoms with Crippen LogP contribution in [0.25, 0.3) is 0 Å². The summed E-state index contributed by atoms with van der Waals surface area (Å²) < 4.78 is 39.2. The van der Waals surface area contributed by atoms with E-state index in [4.69, 9.17) is 4.74 Å². The lowest BCUT2D eigenvalue weighted by Crippen LogP contribution is -2.62. The van der Waals surface area contributed by atoms with Crippen LogP contribution in [-0.4, -0.2) is 30.4 Å². The SMILES string of the molecule is CCCCCCCCC1CCC2(CC1)OCC2S(=O)(=O)[O-]. The highest BCUT2D eigenvalue weighted by Gasteiger charge is 2.53. The Morgan fingerprint density at radius 3 is 2.24 bits per heavy atom. The van der Waals surface area contributed by atoms with Crippen LogP contribution in [0, 0.1) is 5.92 Å². The zero-order valence-corrected chi connectivity index (χ0v) is 14.0. The van der Waals surface area contributed by atoms with E-state index in [0.717, 1.165) is 25.7 Å². The van der Waals surface area contributed by atoms with Gasteiger partial charge < -0.3 is 9.29 Å². The second kappa shape index (κ2) is 7.42. The van der Waals surface area contributed by atoms with Gasteiger partial charge in [0.2, 0.25) is 0 Å². The molecule has 4 nitrogen and oxygen atoms in total. The standard InChI is InChI=1S/C16H30O4S/c1-2-3-4-5-6-7-8-14-9-11-16(12-10-14)15(13-20-16)21(17,18)19/h14-15H,2-13H2,1H3,(H,17,18,19)/p-1. The van der Waals surface area contributed by atoms with E-state index < -0.39 is 21.0 Å². The highest BCUT2D eigenvalue weighted by molar-refractivity contribution is 7.86. The molecule has 1 atom stereocenters. The third-order valence-corrected chi connectivity index (χ3v) is 6.64. The van der Waals surface area contributed by atoms with E-state index in [9.17, 15) is 13.0 Å². The smallest absolute Gasteiger partial charge is 0.103 e. The first kappa shape index (κ1) is 17.2. The van der Waals surface area contributed by atoms with Crippen LogP contribution in [0.3, 0.4) is 0 Å². The minimum absolute atomic E-state index is 0.105. The first-order valence-corrected chi connectivity index (χ1v) is 10.0. The molecule has 2 rings (SSSR count). The Morgan fingerprint density at radius 2 is 1.71 bits per heavy atom. The molecule has 1 unspecified atom stereocenters. The van der Waals surface area contributed by atoms with Crippen molar-refractivity contribution < 1.29 is 17.7 Å². The van der Waals surface area contributed by atoms with Crippen LogP contribution in [-0.2, 0) is 14.9 Å². The molecule has 1 heterocycles. The Hall–Kier alpha value is -0.130. The Kier molecular flexibility index (Phi) is 6.09. The van der Waals surface area contributed by atoms with Gasteiger partial charge in [0, 0.05) is 0 Å². The van der Waals surface area contributed by atoms with Crippen molar-refractivity contribution >= 4 is 10.1 Å². The van der Waals surface area contributed by atoms with Crippen LogP contribution < -0.4 is 0 Å². The van der Waals surface area contributed by atoms with Gasteiger partial charge >= 0.3 is 0 Å². The molecule has 2 fully saturated rings. The molecule has 1 aliphatic carbocycles. The molecule has 1 aliphatic heterocycles. The van der Waals surface area contributed by atoms with Crippen molar-refractivity contribution in [2.24, 2.45) is 5.92 Å². The monoisotopic (exact) mass is 317 g/mol. The van der Waals surface area contributed by atoms with Gasteiger partial charge in [-0.25, -0.2) is 8.42 Å². The largest absolute Gasteiger partial charge is 0.748 e. The summed E-state index contributed by atoms with van der Waals surface area (Å²) in [5, 5.41) is -0.792. The molecule has 21 heavy (non-hydrogen) atoms. The van der Waals surface area contributed by atoms with Crippen molar-refractivity contribution in [3.8, 4) is 0 Å². The summed E-state index contributed by atoms with van der Waals surface area (Å²) in [5.74, 6) is 0.695. The van der Waals surface area contributed by atoms with Crippen molar-refractivity contribution in [2.75, 3.05) is 6.61 Å². The average Bonchev–Trinajstić information content (AvgIpc) is 2.40. The lowest BCUT2D eigenvalue weighted by molar-refractivity contribution is -0.166.